The molecule has 1 aromatic carbocycles. The van der Waals surface area contributed by atoms with Gasteiger partial charge in [-0.05, 0) is 55.0 Å². The zero-order valence-corrected chi connectivity index (χ0v) is 16.6. The number of hydrogen-bond acceptors (Lipinski definition) is 4. The first kappa shape index (κ1) is 17.2. The maximum atomic E-state index is 13.3. The van der Waals surface area contributed by atoms with Gasteiger partial charge in [-0.15, -0.1) is 0 Å². The lowest BCUT2D eigenvalue weighted by atomic mass is 9.83. The molecule has 0 N–H and O–H groups in total. The monoisotopic (exact) mass is 396 g/mol. The Bertz CT molecular complexity index is 1370. The summed E-state index contributed by atoms with van der Waals surface area (Å²) in [5, 5.41) is 19.6. The number of amides is 1. The molecule has 3 aromatic heterocycles. The van der Waals surface area contributed by atoms with Crippen molar-refractivity contribution in [2.45, 2.75) is 19.3 Å². The molecule has 1 atom stereocenters. The van der Waals surface area contributed by atoms with E-state index in [-0.39, 0.29) is 11.8 Å². The van der Waals surface area contributed by atoms with Crippen molar-refractivity contribution in [3.05, 3.63) is 48.9 Å². The van der Waals surface area contributed by atoms with Crippen molar-refractivity contribution in [1.29, 1.82) is 5.26 Å². The molecule has 0 bridgehead atoms. The van der Waals surface area contributed by atoms with Crippen molar-refractivity contribution >= 4 is 28.0 Å². The van der Waals surface area contributed by atoms with Crippen LogP contribution in [0.15, 0.2) is 48.9 Å². The highest BCUT2D eigenvalue weighted by Crippen LogP contribution is 2.52. The zero-order chi connectivity index (χ0) is 20.5. The molecule has 148 valence electrons. The first-order chi connectivity index (χ1) is 14.6. The first-order valence-corrected chi connectivity index (χ1v) is 10.2. The van der Waals surface area contributed by atoms with Gasteiger partial charge in [0.15, 0.2) is 0 Å². The van der Waals surface area contributed by atoms with Crippen molar-refractivity contribution in [3.63, 3.8) is 0 Å². The van der Waals surface area contributed by atoms with Gasteiger partial charge >= 0.3 is 0 Å². The minimum Gasteiger partial charge on any atom is -0.309 e. The van der Waals surface area contributed by atoms with Gasteiger partial charge in [0.2, 0.25) is 5.91 Å². The molecule has 1 amide bonds. The van der Waals surface area contributed by atoms with E-state index in [4.69, 9.17) is 0 Å². The Hall–Kier alpha value is -3.66. The van der Waals surface area contributed by atoms with E-state index in [1.165, 1.54) is 0 Å². The number of rotatable bonds is 3. The fourth-order valence-electron chi connectivity index (χ4n) is 4.85. The van der Waals surface area contributed by atoms with Crippen molar-refractivity contribution < 1.29 is 4.79 Å². The molecule has 30 heavy (non-hydrogen) atoms. The standard InChI is InChI=1S/C23H20N6O/c1-27-19-5-2-15(10-16(19)12-26-27)17-11-21-20(6-8-25-29(21)13-17)28-9-7-23(14-24,22(28)30)18-3-4-18/h2,5-6,8,10-13,18H,3-4,7,9H2,1H3/t23-/m1/s1. The second-order valence-electron chi connectivity index (χ2n) is 8.38. The number of nitriles is 1. The van der Waals surface area contributed by atoms with Crippen LogP contribution < -0.4 is 4.90 Å². The second-order valence-corrected chi connectivity index (χ2v) is 8.38. The second kappa shape index (κ2) is 5.92. The number of aryl methyl sites for hydroxylation is 1. The first-order valence-electron chi connectivity index (χ1n) is 10.2. The van der Waals surface area contributed by atoms with E-state index in [1.54, 1.807) is 11.1 Å². The van der Waals surface area contributed by atoms with Gasteiger partial charge in [0.05, 0.1) is 29.0 Å². The van der Waals surface area contributed by atoms with Crippen LogP contribution in [-0.4, -0.2) is 31.8 Å². The molecule has 1 saturated heterocycles. The predicted octanol–water partition coefficient (Wildman–Crippen LogP) is 3.54. The fraction of sp³-hybridized carbons (Fsp3) is 0.304. The fourth-order valence-corrected chi connectivity index (χ4v) is 4.85. The number of anilines is 1. The van der Waals surface area contributed by atoms with Crippen LogP contribution >= 0.6 is 0 Å². The molecular weight excluding hydrogens is 376 g/mol. The average molecular weight is 396 g/mol. The summed E-state index contributed by atoms with van der Waals surface area (Å²) in [7, 11) is 1.93. The number of hydrogen-bond donors (Lipinski definition) is 0. The summed E-state index contributed by atoms with van der Waals surface area (Å²) < 4.78 is 3.67. The van der Waals surface area contributed by atoms with Crippen LogP contribution in [0.1, 0.15) is 19.3 Å². The number of carbonyl (C=O) groups excluding carboxylic acids is 1. The highest BCUT2D eigenvalue weighted by atomic mass is 16.2. The molecule has 1 aliphatic heterocycles. The topological polar surface area (TPSA) is 79.2 Å². The molecule has 4 aromatic rings. The predicted molar refractivity (Wildman–Crippen MR) is 113 cm³/mol. The molecular formula is C23H20N6O. The Kier molecular flexibility index (Phi) is 3.40. The number of nitrogens with zero attached hydrogens (tertiary/aromatic N) is 6. The summed E-state index contributed by atoms with van der Waals surface area (Å²) in [5.74, 6) is 0.159. The lowest BCUT2D eigenvalue weighted by Gasteiger charge is -2.21. The van der Waals surface area contributed by atoms with Gasteiger partial charge in [-0.1, -0.05) is 6.07 Å². The van der Waals surface area contributed by atoms with E-state index < -0.39 is 5.41 Å². The van der Waals surface area contributed by atoms with E-state index >= 15 is 0 Å². The Morgan fingerprint density at radius 2 is 2.00 bits per heavy atom. The van der Waals surface area contributed by atoms with Crippen molar-refractivity contribution in [2.24, 2.45) is 18.4 Å². The molecule has 7 heteroatoms. The number of aromatic nitrogens is 4. The number of carbonyl (C=O) groups is 1. The Balaban J connectivity index is 1.43. The number of fused-ring (bicyclic) bond motifs is 2. The van der Waals surface area contributed by atoms with Crippen LogP contribution in [0.3, 0.4) is 0 Å². The number of benzene rings is 1. The minimum absolute atomic E-state index is 0.0554. The van der Waals surface area contributed by atoms with E-state index in [1.807, 2.05) is 34.7 Å². The molecule has 1 saturated carbocycles. The maximum absolute atomic E-state index is 13.3. The summed E-state index contributed by atoms with van der Waals surface area (Å²) in [5.41, 5.74) is 4.03. The zero-order valence-electron chi connectivity index (χ0n) is 16.6. The molecule has 0 spiro atoms. The lowest BCUT2D eigenvalue weighted by Crippen LogP contribution is -2.35. The van der Waals surface area contributed by atoms with Gasteiger partial charge < -0.3 is 4.90 Å². The molecule has 2 fully saturated rings. The molecule has 1 aliphatic carbocycles. The van der Waals surface area contributed by atoms with Crippen LogP contribution in [0, 0.1) is 22.7 Å². The highest BCUT2D eigenvalue weighted by Gasteiger charge is 2.56. The van der Waals surface area contributed by atoms with Gasteiger partial charge in [0.25, 0.3) is 0 Å². The molecule has 4 heterocycles. The SMILES string of the molecule is Cn1ncc2cc(-c3cc4c(N5CC[C@@](C#N)(C6CC6)C5=O)ccnn4c3)ccc21. The molecule has 6 rings (SSSR count). The third-order valence-corrected chi connectivity index (χ3v) is 6.69. The molecule has 0 radical (unpaired) electrons. The largest absolute Gasteiger partial charge is 0.309 e. The summed E-state index contributed by atoms with van der Waals surface area (Å²) in [6.07, 6.45) is 8.12. The van der Waals surface area contributed by atoms with Gasteiger partial charge in [-0.25, -0.2) is 4.52 Å². The summed E-state index contributed by atoms with van der Waals surface area (Å²) in [6, 6.07) is 12.6. The van der Waals surface area contributed by atoms with Crippen molar-refractivity contribution in [3.8, 4) is 17.2 Å². The Labute approximate surface area is 173 Å². The normalized spacial score (nSPS) is 21.6. The van der Waals surface area contributed by atoms with Crippen molar-refractivity contribution in [2.75, 3.05) is 11.4 Å². The smallest absolute Gasteiger partial charge is 0.247 e. The Morgan fingerprint density at radius 3 is 2.80 bits per heavy atom. The van der Waals surface area contributed by atoms with Crippen LogP contribution in [-0.2, 0) is 11.8 Å². The third kappa shape index (κ3) is 2.28. The lowest BCUT2D eigenvalue weighted by molar-refractivity contribution is -0.123. The summed E-state index contributed by atoms with van der Waals surface area (Å²) in [4.78, 5) is 15.1. The summed E-state index contributed by atoms with van der Waals surface area (Å²) in [6.45, 7) is 0.574. The van der Waals surface area contributed by atoms with Crippen LogP contribution in [0.5, 0.6) is 0 Å². The highest BCUT2D eigenvalue weighted by molar-refractivity contribution is 6.05. The van der Waals surface area contributed by atoms with Crippen LogP contribution in [0.4, 0.5) is 5.69 Å². The Morgan fingerprint density at radius 1 is 1.13 bits per heavy atom. The third-order valence-electron chi connectivity index (χ3n) is 6.69. The molecule has 7 nitrogen and oxygen atoms in total. The maximum Gasteiger partial charge on any atom is 0.247 e. The van der Waals surface area contributed by atoms with Gasteiger partial charge in [0, 0.05) is 36.9 Å². The van der Waals surface area contributed by atoms with E-state index in [2.05, 4.69) is 40.5 Å². The van der Waals surface area contributed by atoms with Gasteiger partial charge in [0.1, 0.15) is 5.41 Å². The molecule has 2 aliphatic rings. The average Bonchev–Trinajstić information content (AvgIpc) is 3.29. The van der Waals surface area contributed by atoms with E-state index in [0.29, 0.717) is 13.0 Å². The summed E-state index contributed by atoms with van der Waals surface area (Å²) >= 11 is 0. The van der Waals surface area contributed by atoms with Gasteiger partial charge in [-0.2, -0.15) is 15.5 Å². The van der Waals surface area contributed by atoms with Gasteiger partial charge in [-0.3, -0.25) is 9.48 Å². The van der Waals surface area contributed by atoms with Crippen molar-refractivity contribution in [1.82, 2.24) is 19.4 Å². The minimum atomic E-state index is -0.846. The van der Waals surface area contributed by atoms with Crippen LogP contribution in [0.2, 0.25) is 0 Å². The van der Waals surface area contributed by atoms with E-state index in [9.17, 15) is 10.1 Å². The quantitative estimate of drug-likeness (QED) is 0.531. The van der Waals surface area contributed by atoms with Crippen LogP contribution in [0.25, 0.3) is 27.5 Å². The molecule has 0 unspecified atom stereocenters. The van der Waals surface area contributed by atoms with E-state index in [0.717, 1.165) is 46.1 Å².